The third kappa shape index (κ3) is 2.95. The van der Waals surface area contributed by atoms with Crippen molar-refractivity contribution in [2.75, 3.05) is 27.4 Å². The van der Waals surface area contributed by atoms with E-state index in [2.05, 4.69) is 19.5 Å². The van der Waals surface area contributed by atoms with Crippen molar-refractivity contribution in [2.24, 2.45) is 0 Å². The van der Waals surface area contributed by atoms with Crippen LogP contribution < -0.4 is 4.74 Å². The molecule has 0 N–H and O–H groups in total. The monoisotopic (exact) mass is 352 g/mol. The summed E-state index contributed by atoms with van der Waals surface area (Å²) in [5, 5.41) is 0. The minimum Gasteiger partial charge on any atom is -0.467 e. The van der Waals surface area contributed by atoms with Gasteiger partial charge >= 0.3 is 6.01 Å². The molecule has 7 nitrogen and oxygen atoms in total. The smallest absolute Gasteiger partial charge is 0.316 e. The second kappa shape index (κ2) is 7.23. The van der Waals surface area contributed by atoms with Crippen LogP contribution in [0.4, 0.5) is 0 Å². The Labute approximate surface area is 151 Å². The molecule has 2 atom stereocenters. The summed E-state index contributed by atoms with van der Waals surface area (Å²) in [4.78, 5) is 13.2. The first-order valence-electron chi connectivity index (χ1n) is 8.41. The number of imidazole rings is 1. The lowest BCUT2D eigenvalue weighted by Gasteiger charge is -2.20. The Morgan fingerprint density at radius 3 is 2.46 bits per heavy atom. The van der Waals surface area contributed by atoms with Gasteiger partial charge in [-0.15, -0.1) is 0 Å². The number of nitrogens with zero attached hydrogens (tertiary/aromatic N) is 4. The van der Waals surface area contributed by atoms with Crippen LogP contribution in [0.5, 0.6) is 6.01 Å². The molecule has 1 aromatic carbocycles. The highest BCUT2D eigenvalue weighted by atomic mass is 16.5. The number of hydrogen-bond donors (Lipinski definition) is 0. The quantitative estimate of drug-likeness (QED) is 0.703. The van der Waals surface area contributed by atoms with Crippen LogP contribution in [0.2, 0.25) is 0 Å². The second-order valence-corrected chi connectivity index (χ2v) is 6.05. The number of rotatable bonds is 5. The highest BCUT2D eigenvalue weighted by Gasteiger charge is 2.32. The van der Waals surface area contributed by atoms with E-state index in [1.165, 1.54) is 0 Å². The zero-order valence-electron chi connectivity index (χ0n) is 14.7. The molecule has 0 aliphatic carbocycles. The standard InChI is InChI=1S/C19H20N4O3/c1-24-16-11-26-10-15(16)23-12-22-17(13-6-4-3-5-7-13)18(23)14-8-20-19(25-2)21-9-14/h3-9,12,15-16H,10-11H2,1-2H3/t15-,16-/m1/s1. The van der Waals surface area contributed by atoms with Crippen molar-refractivity contribution in [1.29, 1.82) is 0 Å². The molecule has 0 radical (unpaired) electrons. The Morgan fingerprint density at radius 2 is 1.77 bits per heavy atom. The average Bonchev–Trinajstić information content (AvgIpc) is 3.35. The molecule has 3 aromatic rings. The molecule has 1 fully saturated rings. The van der Waals surface area contributed by atoms with Crippen molar-refractivity contribution in [2.45, 2.75) is 12.1 Å². The first-order chi connectivity index (χ1) is 12.8. The molecule has 0 spiro atoms. The fourth-order valence-electron chi connectivity index (χ4n) is 3.26. The van der Waals surface area contributed by atoms with Gasteiger partial charge in [0, 0.05) is 30.6 Å². The zero-order valence-corrected chi connectivity index (χ0v) is 14.7. The zero-order chi connectivity index (χ0) is 17.9. The maximum Gasteiger partial charge on any atom is 0.316 e. The normalized spacial score (nSPS) is 19.6. The molecular weight excluding hydrogens is 332 g/mol. The Kier molecular flexibility index (Phi) is 4.64. The van der Waals surface area contributed by atoms with Gasteiger partial charge in [0.25, 0.3) is 0 Å². The summed E-state index contributed by atoms with van der Waals surface area (Å²) in [6, 6.07) is 10.4. The maximum atomic E-state index is 5.63. The van der Waals surface area contributed by atoms with E-state index in [-0.39, 0.29) is 12.1 Å². The molecule has 1 saturated heterocycles. The van der Waals surface area contributed by atoms with E-state index in [0.29, 0.717) is 19.2 Å². The van der Waals surface area contributed by atoms with Crippen LogP contribution in [-0.2, 0) is 9.47 Å². The Bertz CT molecular complexity index is 864. The predicted octanol–water partition coefficient (Wildman–Crippen LogP) is 2.60. The van der Waals surface area contributed by atoms with Crippen LogP contribution in [0.15, 0.2) is 49.1 Å². The van der Waals surface area contributed by atoms with E-state index >= 15 is 0 Å². The van der Waals surface area contributed by atoms with Gasteiger partial charge in [0.1, 0.15) is 6.10 Å². The van der Waals surface area contributed by atoms with E-state index in [1.807, 2.05) is 36.7 Å². The van der Waals surface area contributed by atoms with Crippen LogP contribution in [0.3, 0.4) is 0 Å². The Hall–Kier alpha value is -2.77. The molecule has 0 bridgehead atoms. The van der Waals surface area contributed by atoms with Crippen molar-refractivity contribution in [3.63, 3.8) is 0 Å². The summed E-state index contributed by atoms with van der Waals surface area (Å²) in [7, 11) is 3.26. The summed E-state index contributed by atoms with van der Waals surface area (Å²) in [5.41, 5.74) is 3.71. The van der Waals surface area contributed by atoms with Gasteiger partial charge in [-0.1, -0.05) is 30.3 Å². The molecule has 26 heavy (non-hydrogen) atoms. The summed E-state index contributed by atoms with van der Waals surface area (Å²) >= 11 is 0. The van der Waals surface area contributed by atoms with Gasteiger partial charge < -0.3 is 18.8 Å². The summed E-state index contributed by atoms with van der Waals surface area (Å²) in [6.07, 6.45) is 5.32. The number of methoxy groups -OCH3 is 2. The maximum absolute atomic E-state index is 5.63. The molecule has 2 aromatic heterocycles. The van der Waals surface area contributed by atoms with Crippen molar-refractivity contribution in [1.82, 2.24) is 19.5 Å². The molecule has 0 saturated carbocycles. The van der Waals surface area contributed by atoms with Crippen LogP contribution in [0, 0.1) is 0 Å². The van der Waals surface area contributed by atoms with Gasteiger partial charge in [0.15, 0.2) is 0 Å². The van der Waals surface area contributed by atoms with Crippen molar-refractivity contribution in [3.05, 3.63) is 49.1 Å². The molecule has 134 valence electrons. The Morgan fingerprint density at radius 1 is 1.00 bits per heavy atom. The van der Waals surface area contributed by atoms with E-state index < -0.39 is 0 Å². The van der Waals surface area contributed by atoms with E-state index in [4.69, 9.17) is 14.2 Å². The van der Waals surface area contributed by atoms with Crippen LogP contribution in [-0.4, -0.2) is 53.1 Å². The van der Waals surface area contributed by atoms with E-state index in [1.54, 1.807) is 26.6 Å². The van der Waals surface area contributed by atoms with Gasteiger partial charge in [0.2, 0.25) is 0 Å². The molecular formula is C19H20N4O3. The molecule has 0 amide bonds. The van der Waals surface area contributed by atoms with Gasteiger partial charge in [-0.2, -0.15) is 0 Å². The van der Waals surface area contributed by atoms with E-state index in [0.717, 1.165) is 22.5 Å². The Balaban J connectivity index is 1.85. The first-order valence-corrected chi connectivity index (χ1v) is 8.41. The molecule has 1 aliphatic rings. The lowest BCUT2D eigenvalue weighted by Crippen LogP contribution is -2.24. The molecule has 3 heterocycles. The average molecular weight is 352 g/mol. The minimum atomic E-state index is -0.0225. The summed E-state index contributed by atoms with van der Waals surface area (Å²) in [6.45, 7) is 1.14. The topological polar surface area (TPSA) is 71.3 Å². The summed E-state index contributed by atoms with van der Waals surface area (Å²) < 4.78 is 18.4. The minimum absolute atomic E-state index is 0.0225. The van der Waals surface area contributed by atoms with Crippen LogP contribution in [0.1, 0.15) is 6.04 Å². The number of hydrogen-bond acceptors (Lipinski definition) is 6. The highest BCUT2D eigenvalue weighted by molar-refractivity contribution is 5.78. The van der Waals surface area contributed by atoms with Crippen LogP contribution >= 0.6 is 0 Å². The molecule has 1 aliphatic heterocycles. The number of aromatic nitrogens is 4. The van der Waals surface area contributed by atoms with Gasteiger partial charge in [-0.3, -0.25) is 0 Å². The molecule has 7 heteroatoms. The molecule has 0 unspecified atom stereocenters. The van der Waals surface area contributed by atoms with Gasteiger partial charge in [-0.05, 0) is 0 Å². The van der Waals surface area contributed by atoms with Crippen molar-refractivity contribution >= 4 is 0 Å². The van der Waals surface area contributed by atoms with Gasteiger partial charge in [0.05, 0.1) is 44.1 Å². The van der Waals surface area contributed by atoms with E-state index in [9.17, 15) is 0 Å². The van der Waals surface area contributed by atoms with Crippen molar-refractivity contribution in [3.8, 4) is 28.5 Å². The van der Waals surface area contributed by atoms with Crippen molar-refractivity contribution < 1.29 is 14.2 Å². The second-order valence-electron chi connectivity index (χ2n) is 6.05. The third-order valence-corrected chi connectivity index (χ3v) is 4.59. The number of ether oxygens (including phenoxy) is 3. The SMILES string of the molecule is COc1ncc(-c2c(-c3ccccc3)ncn2[C@@H]2COC[C@H]2OC)cn1. The summed E-state index contributed by atoms with van der Waals surface area (Å²) in [5.74, 6) is 0. The molecule has 4 rings (SSSR count). The van der Waals surface area contributed by atoms with Gasteiger partial charge in [-0.25, -0.2) is 15.0 Å². The fraction of sp³-hybridized carbons (Fsp3) is 0.316. The lowest BCUT2D eigenvalue weighted by molar-refractivity contribution is 0.0688. The largest absolute Gasteiger partial charge is 0.467 e. The lowest BCUT2D eigenvalue weighted by atomic mass is 10.1. The third-order valence-electron chi connectivity index (χ3n) is 4.59. The number of benzene rings is 1. The predicted molar refractivity (Wildman–Crippen MR) is 95.9 cm³/mol. The highest BCUT2D eigenvalue weighted by Crippen LogP contribution is 2.35. The van der Waals surface area contributed by atoms with Crippen LogP contribution in [0.25, 0.3) is 22.5 Å². The first kappa shape index (κ1) is 16.7. The fourth-order valence-corrected chi connectivity index (χ4v) is 3.26.